The zero-order chi connectivity index (χ0) is 22.1. The number of nitrogens with one attached hydrogen (secondary N) is 1. The van der Waals surface area contributed by atoms with Gasteiger partial charge in [0.05, 0.1) is 5.25 Å². The fourth-order valence-electron chi connectivity index (χ4n) is 3.63. The summed E-state index contributed by atoms with van der Waals surface area (Å²) in [5, 5.41) is 11.3. The molecule has 2 unspecified atom stereocenters. The number of hydrogen-bond donors (Lipinski definition) is 1. The summed E-state index contributed by atoms with van der Waals surface area (Å²) in [4.78, 5) is 26.6. The molecule has 158 valence electrons. The van der Waals surface area contributed by atoms with E-state index in [1.54, 1.807) is 36.4 Å². The van der Waals surface area contributed by atoms with Gasteiger partial charge >= 0.3 is 0 Å². The number of fused-ring (bicyclic) bond motifs is 1. The molecule has 3 aromatic carbocycles. The predicted octanol–water partition coefficient (Wildman–Crippen LogP) is 4.37. The normalized spacial score (nSPS) is 17.6. The molecule has 1 aliphatic rings. The molecule has 1 aliphatic heterocycles. The van der Waals surface area contributed by atoms with E-state index in [-0.39, 0.29) is 17.6 Å². The zero-order valence-electron chi connectivity index (χ0n) is 16.7. The lowest BCUT2D eigenvalue weighted by atomic mass is 10.0. The highest BCUT2D eigenvalue weighted by atomic mass is 32.2. The Bertz CT molecular complexity index is 1280. The summed E-state index contributed by atoms with van der Waals surface area (Å²) in [5.74, 6) is -0.675. The van der Waals surface area contributed by atoms with Crippen molar-refractivity contribution in [3.05, 3.63) is 102 Å². The third-order valence-electron chi connectivity index (χ3n) is 5.21. The van der Waals surface area contributed by atoms with E-state index in [9.17, 15) is 14.0 Å². The molecule has 2 atom stereocenters. The van der Waals surface area contributed by atoms with E-state index in [1.165, 1.54) is 28.5 Å². The Morgan fingerprint density at radius 1 is 0.906 bits per heavy atom. The lowest BCUT2D eigenvalue weighted by Crippen LogP contribution is -2.48. The second-order valence-electron chi connectivity index (χ2n) is 7.25. The largest absolute Gasteiger partial charge is 0.339 e. The van der Waals surface area contributed by atoms with Gasteiger partial charge in [0.1, 0.15) is 11.9 Å². The van der Waals surface area contributed by atoms with E-state index in [4.69, 9.17) is 0 Å². The Morgan fingerprint density at radius 2 is 1.56 bits per heavy atom. The summed E-state index contributed by atoms with van der Waals surface area (Å²) in [7, 11) is 0. The molecule has 0 fully saturated rings. The van der Waals surface area contributed by atoms with Crippen molar-refractivity contribution in [2.45, 2.75) is 16.4 Å². The van der Waals surface area contributed by atoms with Crippen LogP contribution in [0.25, 0.3) is 11.4 Å². The number of aromatic nitrogens is 3. The van der Waals surface area contributed by atoms with Gasteiger partial charge in [-0.2, -0.15) is 0 Å². The molecule has 0 saturated heterocycles. The van der Waals surface area contributed by atoms with Crippen molar-refractivity contribution >= 4 is 23.6 Å². The van der Waals surface area contributed by atoms with Crippen LogP contribution in [0.3, 0.4) is 0 Å². The van der Waals surface area contributed by atoms with E-state index in [0.29, 0.717) is 22.1 Å². The molecule has 6 nitrogen and oxygen atoms in total. The fraction of sp³-hybridized carbons (Fsp3) is 0.0833. The third-order valence-corrected chi connectivity index (χ3v) is 6.48. The lowest BCUT2D eigenvalue weighted by Gasteiger charge is -2.31. The van der Waals surface area contributed by atoms with Crippen LogP contribution in [-0.2, 0) is 0 Å². The zero-order valence-corrected chi connectivity index (χ0v) is 17.5. The van der Waals surface area contributed by atoms with Crippen molar-refractivity contribution in [2.75, 3.05) is 0 Å². The van der Waals surface area contributed by atoms with Gasteiger partial charge in [0.15, 0.2) is 11.0 Å². The Morgan fingerprint density at radius 3 is 2.25 bits per heavy atom. The van der Waals surface area contributed by atoms with E-state index in [0.717, 1.165) is 5.56 Å². The van der Waals surface area contributed by atoms with Gasteiger partial charge in [0.25, 0.3) is 11.8 Å². The van der Waals surface area contributed by atoms with Crippen LogP contribution in [0.2, 0.25) is 0 Å². The second kappa shape index (κ2) is 8.39. The number of carbonyl (C=O) groups is 2. The summed E-state index contributed by atoms with van der Waals surface area (Å²) < 4.78 is 15.0. The molecule has 0 radical (unpaired) electrons. The first kappa shape index (κ1) is 20.1. The van der Waals surface area contributed by atoms with Crippen molar-refractivity contribution < 1.29 is 14.0 Å². The number of amides is 1. The highest BCUT2D eigenvalue weighted by Crippen LogP contribution is 2.42. The van der Waals surface area contributed by atoms with Gasteiger partial charge in [0, 0.05) is 11.1 Å². The summed E-state index contributed by atoms with van der Waals surface area (Å²) >= 11 is 1.31. The molecule has 4 aromatic rings. The Hall–Kier alpha value is -3.78. The van der Waals surface area contributed by atoms with Crippen molar-refractivity contribution in [3.8, 4) is 11.4 Å². The maximum atomic E-state index is 13.7. The molecular weight excluding hydrogens is 427 g/mol. The molecular formula is C24H17FN4O2S. The van der Waals surface area contributed by atoms with Crippen LogP contribution in [0.5, 0.6) is 0 Å². The minimum absolute atomic E-state index is 0.346. The first-order valence-corrected chi connectivity index (χ1v) is 10.8. The maximum Gasteiger partial charge on any atom is 0.258 e. The quantitative estimate of drug-likeness (QED) is 0.506. The van der Waals surface area contributed by atoms with E-state index >= 15 is 0 Å². The van der Waals surface area contributed by atoms with Gasteiger partial charge in [-0.05, 0) is 29.8 Å². The molecule has 0 saturated carbocycles. The molecule has 2 heterocycles. The number of thioether (sulfide) groups is 1. The average molecular weight is 444 g/mol. The summed E-state index contributed by atoms with van der Waals surface area (Å²) in [5.41, 5.74) is 1.90. The number of nitrogens with zero attached hydrogens (tertiary/aromatic N) is 3. The fourth-order valence-corrected chi connectivity index (χ4v) is 4.84. The standard InChI is InChI=1S/C24H17FN4O2S/c25-18-13-11-15(12-14-18)20-19(26-22(30)17-9-5-2-6-10-17)23(31)29-21(27-28-24(29)32-20)16-7-3-1-4-8-16/h1-14,19-20H,(H,26,30). The first-order valence-electron chi connectivity index (χ1n) is 9.95. The molecule has 32 heavy (non-hydrogen) atoms. The SMILES string of the molecule is O=C(NC1C(=O)n2c(nnc2-c2ccccc2)SC1c1ccc(F)cc1)c1ccccc1. The van der Waals surface area contributed by atoms with Crippen molar-refractivity contribution in [1.29, 1.82) is 0 Å². The van der Waals surface area contributed by atoms with Crippen LogP contribution < -0.4 is 5.32 Å². The van der Waals surface area contributed by atoms with Crippen LogP contribution in [0.15, 0.2) is 90.1 Å². The Balaban J connectivity index is 1.57. The van der Waals surface area contributed by atoms with Gasteiger partial charge in [-0.3, -0.25) is 9.59 Å². The van der Waals surface area contributed by atoms with Gasteiger partial charge < -0.3 is 5.32 Å². The lowest BCUT2D eigenvalue weighted by molar-refractivity contribution is 0.0789. The van der Waals surface area contributed by atoms with E-state index in [1.807, 2.05) is 36.4 Å². The van der Waals surface area contributed by atoms with Crippen molar-refractivity contribution in [3.63, 3.8) is 0 Å². The number of carbonyl (C=O) groups excluding carboxylic acids is 2. The van der Waals surface area contributed by atoms with Gasteiger partial charge in [0.2, 0.25) is 0 Å². The minimum atomic E-state index is -0.899. The third kappa shape index (κ3) is 3.69. The van der Waals surface area contributed by atoms with E-state index in [2.05, 4.69) is 15.5 Å². The van der Waals surface area contributed by atoms with Crippen molar-refractivity contribution in [2.24, 2.45) is 0 Å². The summed E-state index contributed by atoms with van der Waals surface area (Å²) in [6, 6.07) is 23.0. The predicted molar refractivity (Wildman–Crippen MR) is 119 cm³/mol. The highest BCUT2D eigenvalue weighted by molar-refractivity contribution is 7.99. The number of hydrogen-bond acceptors (Lipinski definition) is 5. The Kier molecular flexibility index (Phi) is 5.28. The summed E-state index contributed by atoms with van der Waals surface area (Å²) in [6.45, 7) is 0. The number of rotatable bonds is 4. The molecule has 0 spiro atoms. The Labute approximate surface area is 187 Å². The number of benzene rings is 3. The van der Waals surface area contributed by atoms with Crippen LogP contribution in [0.4, 0.5) is 4.39 Å². The minimum Gasteiger partial charge on any atom is -0.339 e. The molecule has 1 N–H and O–H groups in total. The molecule has 0 aliphatic carbocycles. The van der Waals surface area contributed by atoms with Crippen LogP contribution in [0.1, 0.15) is 26.0 Å². The molecule has 5 rings (SSSR count). The second-order valence-corrected chi connectivity index (χ2v) is 8.36. The molecule has 8 heteroatoms. The van der Waals surface area contributed by atoms with Crippen LogP contribution in [-0.4, -0.2) is 32.6 Å². The first-order chi connectivity index (χ1) is 15.6. The van der Waals surface area contributed by atoms with E-state index < -0.39 is 11.3 Å². The highest BCUT2D eigenvalue weighted by Gasteiger charge is 2.41. The summed E-state index contributed by atoms with van der Waals surface area (Å²) in [6.07, 6.45) is 0. The smallest absolute Gasteiger partial charge is 0.258 e. The van der Waals surface area contributed by atoms with Crippen LogP contribution >= 0.6 is 11.8 Å². The molecule has 1 amide bonds. The van der Waals surface area contributed by atoms with Gasteiger partial charge in [-0.1, -0.05) is 72.4 Å². The van der Waals surface area contributed by atoms with Crippen LogP contribution in [0, 0.1) is 5.82 Å². The monoisotopic (exact) mass is 444 g/mol. The maximum absolute atomic E-state index is 13.7. The molecule has 0 bridgehead atoms. The van der Waals surface area contributed by atoms with Gasteiger partial charge in [-0.15, -0.1) is 10.2 Å². The van der Waals surface area contributed by atoms with Gasteiger partial charge in [-0.25, -0.2) is 8.96 Å². The number of halogens is 1. The topological polar surface area (TPSA) is 76.9 Å². The average Bonchev–Trinajstić information content (AvgIpc) is 3.27. The van der Waals surface area contributed by atoms with Crippen molar-refractivity contribution in [1.82, 2.24) is 20.1 Å². The molecule has 1 aromatic heterocycles.